The summed E-state index contributed by atoms with van der Waals surface area (Å²) in [6.45, 7) is 0. The number of aromatic nitrogens is 2. The van der Waals surface area contributed by atoms with E-state index in [0.717, 1.165) is 21.3 Å². The first-order valence-electron chi connectivity index (χ1n) is 6.98. The Morgan fingerprint density at radius 2 is 1.70 bits per heavy atom. The first-order valence-corrected chi connectivity index (χ1v) is 8.24. The van der Waals surface area contributed by atoms with E-state index in [4.69, 9.17) is 11.6 Å². The molecule has 0 spiro atoms. The van der Waals surface area contributed by atoms with E-state index >= 15 is 0 Å². The van der Waals surface area contributed by atoms with Gasteiger partial charge < -0.3 is 0 Å². The van der Waals surface area contributed by atoms with Crippen molar-refractivity contribution in [2.75, 3.05) is 0 Å². The van der Waals surface area contributed by atoms with Crippen molar-refractivity contribution >= 4 is 33.2 Å². The third kappa shape index (κ3) is 2.60. The van der Waals surface area contributed by atoms with Gasteiger partial charge in [-0.15, -0.1) is 11.3 Å². The van der Waals surface area contributed by atoms with Gasteiger partial charge in [-0.3, -0.25) is 0 Å². The Morgan fingerprint density at radius 3 is 2.48 bits per heavy atom. The van der Waals surface area contributed by atoms with E-state index in [0.29, 0.717) is 16.5 Å². The summed E-state index contributed by atoms with van der Waals surface area (Å²) in [6, 6.07) is 16.2. The summed E-state index contributed by atoms with van der Waals surface area (Å²) in [4.78, 5) is 9.71. The van der Waals surface area contributed by atoms with Gasteiger partial charge in [0.05, 0.1) is 5.39 Å². The summed E-state index contributed by atoms with van der Waals surface area (Å²) in [6.07, 6.45) is 0. The minimum absolute atomic E-state index is 0.321. The van der Waals surface area contributed by atoms with Crippen molar-refractivity contribution in [2.45, 2.75) is 0 Å². The molecule has 4 rings (SSSR count). The number of hydrogen-bond donors (Lipinski definition) is 0. The predicted octanol–water partition coefficient (Wildman–Crippen LogP) is 5.82. The molecule has 0 aliphatic heterocycles. The highest BCUT2D eigenvalue weighted by atomic mass is 35.5. The smallest absolute Gasteiger partial charge is 0.162 e. The number of benzene rings is 2. The zero-order valence-corrected chi connectivity index (χ0v) is 13.4. The average Bonchev–Trinajstić information content (AvgIpc) is 3.00. The molecule has 0 saturated heterocycles. The maximum Gasteiger partial charge on any atom is 0.162 e. The number of halogens is 2. The Hall–Kier alpha value is -2.30. The van der Waals surface area contributed by atoms with E-state index in [1.54, 1.807) is 12.1 Å². The molecule has 0 aliphatic rings. The van der Waals surface area contributed by atoms with E-state index in [1.807, 2.05) is 35.7 Å². The lowest BCUT2D eigenvalue weighted by molar-refractivity contribution is 0.628. The van der Waals surface area contributed by atoms with E-state index in [1.165, 1.54) is 23.5 Å². The van der Waals surface area contributed by atoms with Crippen LogP contribution >= 0.6 is 22.9 Å². The Kier molecular flexibility index (Phi) is 3.56. The maximum atomic E-state index is 13.4. The highest BCUT2D eigenvalue weighted by Crippen LogP contribution is 2.37. The third-order valence-corrected chi connectivity index (χ3v) is 4.70. The monoisotopic (exact) mass is 340 g/mol. The first kappa shape index (κ1) is 14.3. The zero-order chi connectivity index (χ0) is 15.8. The number of fused-ring (bicyclic) bond motifs is 1. The zero-order valence-electron chi connectivity index (χ0n) is 11.8. The van der Waals surface area contributed by atoms with Crippen molar-refractivity contribution in [2.24, 2.45) is 0 Å². The molecular formula is C18H10ClFN2S. The van der Waals surface area contributed by atoms with Gasteiger partial charge in [0, 0.05) is 16.5 Å². The summed E-state index contributed by atoms with van der Waals surface area (Å²) in [5.41, 5.74) is 2.70. The van der Waals surface area contributed by atoms with Crippen LogP contribution in [0.3, 0.4) is 0 Å². The van der Waals surface area contributed by atoms with E-state index < -0.39 is 0 Å². The van der Waals surface area contributed by atoms with E-state index in [2.05, 4.69) is 9.97 Å². The van der Waals surface area contributed by atoms with Crippen molar-refractivity contribution in [3.63, 3.8) is 0 Å². The summed E-state index contributed by atoms with van der Waals surface area (Å²) in [7, 11) is 0. The molecule has 2 heterocycles. The van der Waals surface area contributed by atoms with E-state index in [9.17, 15) is 4.39 Å². The van der Waals surface area contributed by atoms with Gasteiger partial charge in [-0.25, -0.2) is 14.4 Å². The van der Waals surface area contributed by atoms with Crippen molar-refractivity contribution in [1.29, 1.82) is 0 Å². The van der Waals surface area contributed by atoms with Crippen LogP contribution in [0.2, 0.25) is 5.15 Å². The molecule has 0 radical (unpaired) electrons. The van der Waals surface area contributed by atoms with Crippen LogP contribution in [0.1, 0.15) is 0 Å². The van der Waals surface area contributed by atoms with E-state index in [-0.39, 0.29) is 5.82 Å². The number of hydrogen-bond acceptors (Lipinski definition) is 3. The highest BCUT2D eigenvalue weighted by molar-refractivity contribution is 7.17. The molecule has 0 amide bonds. The summed E-state index contributed by atoms with van der Waals surface area (Å²) in [5, 5.41) is 3.24. The second-order valence-electron chi connectivity index (χ2n) is 5.04. The first-order chi connectivity index (χ1) is 11.2. The Balaban J connectivity index is 1.91. The predicted molar refractivity (Wildman–Crippen MR) is 93.3 cm³/mol. The van der Waals surface area contributed by atoms with Gasteiger partial charge in [-0.05, 0) is 17.7 Å². The van der Waals surface area contributed by atoms with Gasteiger partial charge in [-0.1, -0.05) is 54.1 Å². The largest absolute Gasteiger partial charge is 0.217 e. The van der Waals surface area contributed by atoms with Crippen LogP contribution in [0, 0.1) is 5.82 Å². The number of rotatable bonds is 2. The van der Waals surface area contributed by atoms with Crippen molar-refractivity contribution < 1.29 is 4.39 Å². The van der Waals surface area contributed by atoms with Gasteiger partial charge in [0.15, 0.2) is 5.82 Å². The van der Waals surface area contributed by atoms with Crippen LogP contribution in [0.4, 0.5) is 4.39 Å². The van der Waals surface area contributed by atoms with Gasteiger partial charge >= 0.3 is 0 Å². The Labute approximate surface area is 141 Å². The molecule has 0 aliphatic carbocycles. The average molecular weight is 341 g/mol. The highest BCUT2D eigenvalue weighted by Gasteiger charge is 2.15. The molecule has 0 bridgehead atoms. The van der Waals surface area contributed by atoms with Crippen molar-refractivity contribution in [1.82, 2.24) is 9.97 Å². The van der Waals surface area contributed by atoms with Crippen LogP contribution in [-0.4, -0.2) is 9.97 Å². The van der Waals surface area contributed by atoms with Gasteiger partial charge in [0.2, 0.25) is 0 Å². The van der Waals surface area contributed by atoms with Gasteiger partial charge in [-0.2, -0.15) is 0 Å². The fraction of sp³-hybridized carbons (Fsp3) is 0. The lowest BCUT2D eigenvalue weighted by Gasteiger charge is -2.04. The Morgan fingerprint density at radius 1 is 0.913 bits per heavy atom. The lowest BCUT2D eigenvalue weighted by atomic mass is 10.1. The molecule has 0 saturated carbocycles. The van der Waals surface area contributed by atoms with Crippen LogP contribution in [-0.2, 0) is 0 Å². The van der Waals surface area contributed by atoms with Crippen LogP contribution in [0.15, 0.2) is 60.0 Å². The number of nitrogens with zero attached hydrogens (tertiary/aromatic N) is 2. The molecule has 2 nitrogen and oxygen atoms in total. The molecule has 0 unspecified atom stereocenters. The second-order valence-corrected chi connectivity index (χ2v) is 6.26. The molecule has 23 heavy (non-hydrogen) atoms. The summed E-state index contributed by atoms with van der Waals surface area (Å²) < 4.78 is 13.4. The standard InChI is InChI=1S/C18H10ClFN2S/c19-16-15-14(11-5-2-1-3-6-11)10-23-18(15)22-17(21-16)12-7-4-8-13(20)9-12/h1-10H. The molecule has 0 fully saturated rings. The minimum Gasteiger partial charge on any atom is -0.217 e. The molecule has 0 atom stereocenters. The molecule has 5 heteroatoms. The fourth-order valence-corrected chi connectivity index (χ4v) is 3.76. The van der Waals surface area contributed by atoms with Crippen LogP contribution in [0.5, 0.6) is 0 Å². The fourth-order valence-electron chi connectivity index (χ4n) is 2.49. The molecular weight excluding hydrogens is 331 g/mol. The Bertz CT molecular complexity index is 999. The topological polar surface area (TPSA) is 25.8 Å². The third-order valence-electron chi connectivity index (χ3n) is 3.56. The van der Waals surface area contributed by atoms with Crippen LogP contribution in [0.25, 0.3) is 32.7 Å². The van der Waals surface area contributed by atoms with Gasteiger partial charge in [0.25, 0.3) is 0 Å². The minimum atomic E-state index is -0.321. The van der Waals surface area contributed by atoms with Crippen molar-refractivity contribution in [3.8, 4) is 22.5 Å². The molecule has 4 aromatic rings. The SMILES string of the molecule is Fc1cccc(-c2nc(Cl)c3c(-c4ccccc4)csc3n2)c1. The molecule has 2 aromatic heterocycles. The van der Waals surface area contributed by atoms with Gasteiger partial charge in [0.1, 0.15) is 15.8 Å². The molecule has 112 valence electrons. The quantitative estimate of drug-likeness (QED) is 0.430. The molecule has 2 aromatic carbocycles. The second kappa shape index (κ2) is 5.72. The normalized spacial score (nSPS) is 11.0. The van der Waals surface area contributed by atoms with Crippen LogP contribution < -0.4 is 0 Å². The maximum absolute atomic E-state index is 13.4. The molecule has 0 N–H and O–H groups in total. The lowest BCUT2D eigenvalue weighted by Crippen LogP contribution is -1.91. The summed E-state index contributed by atoms with van der Waals surface area (Å²) >= 11 is 7.92. The summed E-state index contributed by atoms with van der Waals surface area (Å²) in [5.74, 6) is 0.113. The number of thiophene rings is 1. The van der Waals surface area contributed by atoms with Crippen molar-refractivity contribution in [3.05, 3.63) is 70.9 Å².